The molecule has 0 aromatic heterocycles. The summed E-state index contributed by atoms with van der Waals surface area (Å²) < 4.78 is 0. The van der Waals surface area contributed by atoms with Gasteiger partial charge in [0.1, 0.15) is 6.07 Å². The number of hydrogen-bond acceptors (Lipinski definition) is 2. The molecule has 2 N–H and O–H groups in total. The molecule has 0 heterocycles. The van der Waals surface area contributed by atoms with Gasteiger partial charge in [-0.3, -0.25) is 0 Å². The zero-order valence-electron chi connectivity index (χ0n) is 8.44. The van der Waals surface area contributed by atoms with E-state index in [2.05, 4.69) is 6.07 Å². The zero-order chi connectivity index (χ0) is 11.5. The molecule has 2 rings (SSSR count). The minimum absolute atomic E-state index is 0.470. The van der Waals surface area contributed by atoms with E-state index in [4.69, 9.17) is 22.6 Å². The smallest absolute Gasteiger partial charge is 0.101 e. The minimum Gasteiger partial charge on any atom is -0.397 e. The fourth-order valence-corrected chi connectivity index (χ4v) is 1.81. The Balaban J connectivity index is 2.67. The van der Waals surface area contributed by atoms with Crippen molar-refractivity contribution in [2.24, 2.45) is 0 Å². The fourth-order valence-electron chi connectivity index (χ4n) is 1.58. The van der Waals surface area contributed by atoms with Gasteiger partial charge in [-0.15, -0.1) is 0 Å². The van der Waals surface area contributed by atoms with Gasteiger partial charge in [0.05, 0.1) is 11.3 Å². The highest BCUT2D eigenvalue weighted by molar-refractivity contribution is 6.33. The van der Waals surface area contributed by atoms with Crippen LogP contribution in [0.15, 0.2) is 42.5 Å². The van der Waals surface area contributed by atoms with Crippen molar-refractivity contribution in [1.29, 1.82) is 5.26 Å². The Kier molecular flexibility index (Phi) is 2.80. The molecule has 2 aromatic rings. The molecule has 2 nitrogen and oxygen atoms in total. The summed E-state index contributed by atoms with van der Waals surface area (Å²) in [5.74, 6) is 0. The summed E-state index contributed by atoms with van der Waals surface area (Å²) in [5.41, 5.74) is 8.50. The van der Waals surface area contributed by atoms with Crippen LogP contribution in [0.5, 0.6) is 0 Å². The second-order valence-electron chi connectivity index (χ2n) is 3.36. The molecular weight excluding hydrogens is 220 g/mol. The van der Waals surface area contributed by atoms with Gasteiger partial charge < -0.3 is 5.73 Å². The Hall–Kier alpha value is -1.98. The maximum absolute atomic E-state index is 8.90. The number of benzene rings is 2. The normalized spacial score (nSPS) is 9.75. The molecule has 0 saturated heterocycles. The third-order valence-electron chi connectivity index (χ3n) is 2.39. The topological polar surface area (TPSA) is 49.8 Å². The summed E-state index contributed by atoms with van der Waals surface area (Å²) in [6, 6.07) is 14.8. The van der Waals surface area contributed by atoms with Crippen molar-refractivity contribution in [3.05, 3.63) is 53.1 Å². The molecule has 0 aliphatic heterocycles. The van der Waals surface area contributed by atoms with E-state index in [1.807, 2.05) is 24.3 Å². The van der Waals surface area contributed by atoms with Crippen LogP contribution < -0.4 is 5.73 Å². The molecule has 0 atom stereocenters. The maximum Gasteiger partial charge on any atom is 0.101 e. The first-order chi connectivity index (χ1) is 7.74. The molecule has 2 aromatic carbocycles. The van der Waals surface area contributed by atoms with E-state index in [0.29, 0.717) is 16.3 Å². The Labute approximate surface area is 98.9 Å². The van der Waals surface area contributed by atoms with Crippen LogP contribution in [0.1, 0.15) is 5.56 Å². The number of rotatable bonds is 1. The average Bonchev–Trinajstić information content (AvgIpc) is 2.31. The fraction of sp³-hybridized carbons (Fsp3) is 0. The molecule has 0 unspecified atom stereocenters. The average molecular weight is 229 g/mol. The molecular formula is C13H9ClN2. The summed E-state index contributed by atoms with van der Waals surface area (Å²) in [6.45, 7) is 0. The number of nitrogen functional groups attached to an aromatic ring is 1. The van der Waals surface area contributed by atoms with E-state index in [-0.39, 0.29) is 0 Å². The van der Waals surface area contributed by atoms with Gasteiger partial charge in [-0.1, -0.05) is 41.9 Å². The van der Waals surface area contributed by atoms with Crippen LogP contribution in [0.4, 0.5) is 5.69 Å². The summed E-state index contributed by atoms with van der Waals surface area (Å²) >= 11 is 6.09. The maximum atomic E-state index is 8.90. The molecule has 0 aliphatic rings. The molecule has 78 valence electrons. The van der Waals surface area contributed by atoms with Gasteiger partial charge in [0.25, 0.3) is 0 Å². The van der Waals surface area contributed by atoms with Crippen molar-refractivity contribution >= 4 is 17.3 Å². The first kappa shape index (κ1) is 10.5. The van der Waals surface area contributed by atoms with Crippen LogP contribution in [0.2, 0.25) is 5.02 Å². The van der Waals surface area contributed by atoms with Gasteiger partial charge in [0.2, 0.25) is 0 Å². The minimum atomic E-state index is 0.470. The number of hydrogen-bond donors (Lipinski definition) is 1. The zero-order valence-corrected chi connectivity index (χ0v) is 9.20. The van der Waals surface area contributed by atoms with Crippen LogP contribution >= 0.6 is 11.6 Å². The number of nitrogens with zero attached hydrogens (tertiary/aromatic N) is 1. The van der Waals surface area contributed by atoms with Gasteiger partial charge in [0, 0.05) is 16.1 Å². The summed E-state index contributed by atoms with van der Waals surface area (Å²) in [7, 11) is 0. The first-order valence-corrected chi connectivity index (χ1v) is 5.15. The monoisotopic (exact) mass is 228 g/mol. The highest BCUT2D eigenvalue weighted by atomic mass is 35.5. The second-order valence-corrected chi connectivity index (χ2v) is 3.77. The number of halogens is 1. The third-order valence-corrected chi connectivity index (χ3v) is 2.72. The summed E-state index contributed by atoms with van der Waals surface area (Å²) in [6.07, 6.45) is 0. The van der Waals surface area contributed by atoms with E-state index in [1.54, 1.807) is 18.2 Å². The second kappa shape index (κ2) is 4.26. The molecule has 0 bridgehead atoms. The van der Waals surface area contributed by atoms with Gasteiger partial charge in [-0.25, -0.2) is 0 Å². The number of anilines is 1. The van der Waals surface area contributed by atoms with E-state index < -0.39 is 0 Å². The van der Waals surface area contributed by atoms with E-state index >= 15 is 0 Å². The summed E-state index contributed by atoms with van der Waals surface area (Å²) in [4.78, 5) is 0. The van der Waals surface area contributed by atoms with Crippen molar-refractivity contribution in [2.45, 2.75) is 0 Å². The van der Waals surface area contributed by atoms with Gasteiger partial charge >= 0.3 is 0 Å². The molecule has 0 aliphatic carbocycles. The highest BCUT2D eigenvalue weighted by Gasteiger charge is 2.08. The third kappa shape index (κ3) is 1.73. The van der Waals surface area contributed by atoms with Gasteiger partial charge in [-0.05, 0) is 12.1 Å². The van der Waals surface area contributed by atoms with Crippen LogP contribution in [-0.4, -0.2) is 0 Å². The predicted octanol–water partition coefficient (Wildman–Crippen LogP) is 3.46. The number of nitriles is 1. The van der Waals surface area contributed by atoms with Crippen molar-refractivity contribution in [3.63, 3.8) is 0 Å². The van der Waals surface area contributed by atoms with Gasteiger partial charge in [0.15, 0.2) is 0 Å². The van der Waals surface area contributed by atoms with Crippen molar-refractivity contribution in [2.75, 3.05) is 5.73 Å². The van der Waals surface area contributed by atoms with Crippen molar-refractivity contribution in [1.82, 2.24) is 0 Å². The molecule has 3 heteroatoms. The largest absolute Gasteiger partial charge is 0.397 e. The van der Waals surface area contributed by atoms with E-state index in [1.165, 1.54) is 0 Å². The Bertz CT molecular complexity index is 570. The lowest BCUT2D eigenvalue weighted by molar-refractivity contribution is 1.48. The quantitative estimate of drug-likeness (QED) is 0.760. The van der Waals surface area contributed by atoms with Gasteiger partial charge in [-0.2, -0.15) is 5.26 Å². The number of para-hydroxylation sites is 1. The summed E-state index contributed by atoms with van der Waals surface area (Å²) in [5, 5.41) is 9.53. The molecule has 0 radical (unpaired) electrons. The molecule has 0 spiro atoms. The highest BCUT2D eigenvalue weighted by Crippen LogP contribution is 2.33. The standard InChI is InChI=1S/C13H9ClN2/c14-12-7-2-1-5-10(12)11-6-3-4-9(8-15)13(11)16/h1-7H,16H2. The van der Waals surface area contributed by atoms with Crippen LogP contribution in [0.25, 0.3) is 11.1 Å². The lowest BCUT2D eigenvalue weighted by Gasteiger charge is -2.08. The van der Waals surface area contributed by atoms with Crippen molar-refractivity contribution in [3.8, 4) is 17.2 Å². The molecule has 0 fully saturated rings. The number of nitrogens with two attached hydrogens (primary N) is 1. The SMILES string of the molecule is N#Cc1cccc(-c2ccccc2Cl)c1N. The first-order valence-electron chi connectivity index (χ1n) is 4.77. The Morgan fingerprint density at radius 1 is 1.00 bits per heavy atom. The lowest BCUT2D eigenvalue weighted by Crippen LogP contribution is -1.94. The lowest BCUT2D eigenvalue weighted by atomic mass is 10.0. The van der Waals surface area contributed by atoms with E-state index in [9.17, 15) is 0 Å². The van der Waals surface area contributed by atoms with Crippen LogP contribution in [-0.2, 0) is 0 Å². The van der Waals surface area contributed by atoms with Crippen LogP contribution in [0.3, 0.4) is 0 Å². The molecule has 0 amide bonds. The predicted molar refractivity (Wildman–Crippen MR) is 66.0 cm³/mol. The molecule has 0 saturated carbocycles. The Morgan fingerprint density at radius 2 is 1.69 bits per heavy atom. The van der Waals surface area contributed by atoms with E-state index in [0.717, 1.165) is 11.1 Å². The Morgan fingerprint density at radius 3 is 2.38 bits per heavy atom. The van der Waals surface area contributed by atoms with Crippen LogP contribution in [0, 0.1) is 11.3 Å². The van der Waals surface area contributed by atoms with Crippen molar-refractivity contribution < 1.29 is 0 Å². The molecule has 16 heavy (non-hydrogen) atoms.